The second-order valence-corrected chi connectivity index (χ2v) is 5.62. The fourth-order valence-corrected chi connectivity index (χ4v) is 3.59. The van der Waals surface area contributed by atoms with Crippen LogP contribution in [0.3, 0.4) is 0 Å². The van der Waals surface area contributed by atoms with E-state index in [2.05, 4.69) is 30.9 Å². The Kier molecular flexibility index (Phi) is 2.86. The molecule has 0 saturated carbocycles. The van der Waals surface area contributed by atoms with Crippen LogP contribution in [0.5, 0.6) is 0 Å². The number of ether oxygens (including phenoxy) is 1. The van der Waals surface area contributed by atoms with Crippen molar-refractivity contribution in [1.82, 2.24) is 5.32 Å². The second-order valence-electron chi connectivity index (χ2n) is 4.47. The van der Waals surface area contributed by atoms with Crippen molar-refractivity contribution < 1.29 is 4.74 Å². The van der Waals surface area contributed by atoms with Crippen LogP contribution in [0.15, 0.2) is 0 Å². The monoisotopic (exact) mass is 201 g/mol. The molecular weight excluding hydrogens is 182 g/mol. The van der Waals surface area contributed by atoms with E-state index in [4.69, 9.17) is 4.74 Å². The highest BCUT2D eigenvalue weighted by molar-refractivity contribution is 7.99. The Balaban J connectivity index is 1.85. The predicted octanol–water partition coefficient (Wildman–Crippen LogP) is 1.85. The summed E-state index contributed by atoms with van der Waals surface area (Å²) in [5.41, 5.74) is -0.0328. The molecule has 13 heavy (non-hydrogen) atoms. The first kappa shape index (κ1) is 9.81. The highest BCUT2D eigenvalue weighted by Crippen LogP contribution is 2.32. The van der Waals surface area contributed by atoms with Gasteiger partial charge in [0.05, 0.1) is 6.10 Å². The Morgan fingerprint density at radius 1 is 1.62 bits per heavy atom. The third-order valence-electron chi connectivity index (χ3n) is 2.93. The minimum atomic E-state index is -0.0328. The summed E-state index contributed by atoms with van der Waals surface area (Å²) < 4.78 is 5.89. The van der Waals surface area contributed by atoms with Gasteiger partial charge in [0.25, 0.3) is 0 Å². The normalized spacial score (nSPS) is 45.7. The molecule has 2 aliphatic heterocycles. The van der Waals surface area contributed by atoms with Crippen molar-refractivity contribution in [3.8, 4) is 0 Å². The largest absolute Gasteiger partial charge is 0.357 e. The van der Waals surface area contributed by atoms with Gasteiger partial charge in [-0.15, -0.1) is 0 Å². The van der Waals surface area contributed by atoms with E-state index in [1.807, 2.05) is 0 Å². The molecule has 0 aliphatic carbocycles. The molecule has 0 aromatic carbocycles. The summed E-state index contributed by atoms with van der Waals surface area (Å²) in [6, 6.07) is 0. The molecule has 2 heterocycles. The molecule has 1 N–H and O–H groups in total. The smallest absolute Gasteiger partial charge is 0.117 e. The molecule has 76 valence electrons. The quantitative estimate of drug-likeness (QED) is 0.737. The van der Waals surface area contributed by atoms with Crippen molar-refractivity contribution in [2.24, 2.45) is 5.92 Å². The van der Waals surface area contributed by atoms with E-state index in [-0.39, 0.29) is 5.72 Å². The summed E-state index contributed by atoms with van der Waals surface area (Å²) in [6.45, 7) is 5.34. The van der Waals surface area contributed by atoms with E-state index in [0.29, 0.717) is 6.10 Å². The SMILES string of the molecule is CC1CNC(C)(CC2CCSC2)O1. The first-order valence-electron chi connectivity index (χ1n) is 5.18. The zero-order valence-corrected chi connectivity index (χ0v) is 9.32. The molecule has 0 aromatic rings. The van der Waals surface area contributed by atoms with Crippen LogP contribution in [0.4, 0.5) is 0 Å². The summed E-state index contributed by atoms with van der Waals surface area (Å²) in [4.78, 5) is 0. The molecule has 3 unspecified atom stereocenters. The van der Waals surface area contributed by atoms with Crippen LogP contribution in [0.2, 0.25) is 0 Å². The van der Waals surface area contributed by atoms with E-state index in [1.54, 1.807) is 0 Å². The van der Waals surface area contributed by atoms with E-state index in [9.17, 15) is 0 Å². The Labute approximate surface area is 84.8 Å². The van der Waals surface area contributed by atoms with Crippen LogP contribution < -0.4 is 5.32 Å². The van der Waals surface area contributed by atoms with Crippen LogP contribution in [0.25, 0.3) is 0 Å². The topological polar surface area (TPSA) is 21.3 Å². The predicted molar refractivity (Wildman–Crippen MR) is 57.0 cm³/mol. The van der Waals surface area contributed by atoms with Gasteiger partial charge < -0.3 is 4.74 Å². The Hall–Kier alpha value is 0.270. The van der Waals surface area contributed by atoms with Crippen molar-refractivity contribution in [1.29, 1.82) is 0 Å². The number of thioether (sulfide) groups is 1. The Bertz CT molecular complexity index is 182. The number of nitrogens with one attached hydrogen (secondary N) is 1. The van der Waals surface area contributed by atoms with E-state index in [0.717, 1.165) is 12.5 Å². The summed E-state index contributed by atoms with van der Waals surface area (Å²) in [5, 5.41) is 3.48. The maximum atomic E-state index is 5.89. The summed E-state index contributed by atoms with van der Waals surface area (Å²) in [7, 11) is 0. The molecule has 2 saturated heterocycles. The molecule has 0 amide bonds. The summed E-state index contributed by atoms with van der Waals surface area (Å²) >= 11 is 2.08. The summed E-state index contributed by atoms with van der Waals surface area (Å²) in [5.74, 6) is 3.54. The van der Waals surface area contributed by atoms with Gasteiger partial charge in [0.1, 0.15) is 5.72 Å². The second kappa shape index (κ2) is 3.79. The summed E-state index contributed by atoms with van der Waals surface area (Å²) in [6.07, 6.45) is 2.95. The minimum Gasteiger partial charge on any atom is -0.357 e. The van der Waals surface area contributed by atoms with Crippen molar-refractivity contribution >= 4 is 11.8 Å². The van der Waals surface area contributed by atoms with Gasteiger partial charge in [-0.1, -0.05) is 0 Å². The van der Waals surface area contributed by atoms with Crippen LogP contribution in [-0.2, 0) is 4.74 Å². The zero-order chi connectivity index (χ0) is 9.31. The highest BCUT2D eigenvalue weighted by atomic mass is 32.2. The molecule has 0 spiro atoms. The third-order valence-corrected chi connectivity index (χ3v) is 4.16. The van der Waals surface area contributed by atoms with Crippen LogP contribution in [0.1, 0.15) is 26.7 Å². The van der Waals surface area contributed by atoms with E-state index in [1.165, 1.54) is 24.3 Å². The van der Waals surface area contributed by atoms with Crippen LogP contribution >= 0.6 is 11.8 Å². The third kappa shape index (κ3) is 2.39. The molecule has 2 aliphatic rings. The molecule has 0 radical (unpaired) electrons. The molecule has 0 aromatic heterocycles. The standard InChI is InChI=1S/C10H19NOS/c1-8-6-11-10(2,12-8)5-9-3-4-13-7-9/h8-9,11H,3-7H2,1-2H3. The molecule has 3 atom stereocenters. The molecule has 2 fully saturated rings. The molecule has 2 rings (SSSR count). The average molecular weight is 201 g/mol. The van der Waals surface area contributed by atoms with Gasteiger partial charge >= 0.3 is 0 Å². The first-order chi connectivity index (χ1) is 6.18. The van der Waals surface area contributed by atoms with Gasteiger partial charge in [0, 0.05) is 6.54 Å². The maximum absolute atomic E-state index is 5.89. The first-order valence-corrected chi connectivity index (χ1v) is 6.34. The van der Waals surface area contributed by atoms with Gasteiger partial charge in [-0.2, -0.15) is 11.8 Å². The lowest BCUT2D eigenvalue weighted by molar-refractivity contribution is -0.0438. The minimum absolute atomic E-state index is 0.0328. The van der Waals surface area contributed by atoms with Gasteiger partial charge in [-0.25, -0.2) is 0 Å². The van der Waals surface area contributed by atoms with Crippen LogP contribution in [0, 0.1) is 5.92 Å². The maximum Gasteiger partial charge on any atom is 0.117 e. The van der Waals surface area contributed by atoms with Gasteiger partial charge in [0.15, 0.2) is 0 Å². The van der Waals surface area contributed by atoms with Crippen molar-refractivity contribution in [3.63, 3.8) is 0 Å². The van der Waals surface area contributed by atoms with E-state index < -0.39 is 0 Å². The lowest BCUT2D eigenvalue weighted by Gasteiger charge is -2.27. The fraction of sp³-hybridized carbons (Fsp3) is 1.00. The van der Waals surface area contributed by atoms with Gasteiger partial charge in [-0.05, 0) is 44.1 Å². The zero-order valence-electron chi connectivity index (χ0n) is 8.51. The van der Waals surface area contributed by atoms with Gasteiger partial charge in [-0.3, -0.25) is 5.32 Å². The molecule has 2 nitrogen and oxygen atoms in total. The number of rotatable bonds is 2. The lowest BCUT2D eigenvalue weighted by Crippen LogP contribution is -2.39. The average Bonchev–Trinajstić information content (AvgIpc) is 2.62. The van der Waals surface area contributed by atoms with E-state index >= 15 is 0 Å². The Morgan fingerprint density at radius 3 is 3.00 bits per heavy atom. The fourth-order valence-electron chi connectivity index (χ4n) is 2.30. The molecule has 0 bridgehead atoms. The van der Waals surface area contributed by atoms with Crippen LogP contribution in [-0.4, -0.2) is 29.9 Å². The number of hydrogen-bond donors (Lipinski definition) is 1. The number of hydrogen-bond acceptors (Lipinski definition) is 3. The molecule has 3 heteroatoms. The lowest BCUT2D eigenvalue weighted by atomic mass is 9.98. The van der Waals surface area contributed by atoms with Gasteiger partial charge in [0.2, 0.25) is 0 Å². The highest BCUT2D eigenvalue weighted by Gasteiger charge is 2.36. The molecular formula is C10H19NOS. The van der Waals surface area contributed by atoms with Crippen molar-refractivity contribution in [2.45, 2.75) is 38.5 Å². The van der Waals surface area contributed by atoms with Crippen molar-refractivity contribution in [2.75, 3.05) is 18.1 Å². The Morgan fingerprint density at radius 2 is 2.46 bits per heavy atom. The van der Waals surface area contributed by atoms with Crippen molar-refractivity contribution in [3.05, 3.63) is 0 Å².